The maximum atomic E-state index is 3.36. The summed E-state index contributed by atoms with van der Waals surface area (Å²) in [5.41, 5.74) is 2.69. The van der Waals surface area contributed by atoms with Crippen LogP contribution in [0.4, 0.5) is 0 Å². The summed E-state index contributed by atoms with van der Waals surface area (Å²) >= 11 is 0. The van der Waals surface area contributed by atoms with Gasteiger partial charge in [0.05, 0.1) is 6.67 Å². The lowest BCUT2D eigenvalue weighted by Gasteiger charge is -2.30. The number of fused-ring (bicyclic) bond motifs is 1. The lowest BCUT2D eigenvalue weighted by atomic mass is 10.1. The van der Waals surface area contributed by atoms with Gasteiger partial charge >= 0.3 is 0 Å². The Hall–Kier alpha value is -1.32. The maximum absolute atomic E-state index is 3.36. The Morgan fingerprint density at radius 3 is 2.80 bits per heavy atom. The summed E-state index contributed by atoms with van der Waals surface area (Å²) in [6, 6.07) is 8.57. The molecule has 0 atom stereocenters. The molecule has 0 amide bonds. The predicted octanol–water partition coefficient (Wildman–Crippen LogP) is 3.09. The van der Waals surface area contributed by atoms with Gasteiger partial charge in [0.1, 0.15) is 0 Å². The van der Waals surface area contributed by atoms with Gasteiger partial charge in [-0.3, -0.25) is 9.80 Å². The molecule has 1 fully saturated rings. The average molecular weight is 271 g/mol. The van der Waals surface area contributed by atoms with Crippen molar-refractivity contribution < 1.29 is 0 Å². The molecule has 0 radical (unpaired) electrons. The quantitative estimate of drug-likeness (QED) is 0.903. The molecule has 1 N–H and O–H groups in total. The van der Waals surface area contributed by atoms with Crippen LogP contribution in [0.5, 0.6) is 0 Å². The molecule has 2 aromatic rings. The minimum Gasteiger partial charge on any atom is -0.361 e. The molecule has 3 nitrogen and oxygen atoms in total. The standard InChI is InChI=1S/C17H25N3/c1-19(14-20-10-5-2-6-11-20)12-9-15-13-18-17-8-4-3-7-16(15)17/h3-4,7-8,13,18H,2,5-6,9-12,14H2,1H3. The lowest BCUT2D eigenvalue weighted by molar-refractivity contribution is 0.133. The molecule has 0 bridgehead atoms. The fourth-order valence-corrected chi connectivity index (χ4v) is 3.16. The van der Waals surface area contributed by atoms with Crippen LogP contribution in [-0.4, -0.2) is 48.1 Å². The Kier molecular flexibility index (Phi) is 4.38. The molecule has 3 rings (SSSR count). The van der Waals surface area contributed by atoms with E-state index in [-0.39, 0.29) is 0 Å². The first-order chi connectivity index (χ1) is 9.83. The minimum absolute atomic E-state index is 1.11. The van der Waals surface area contributed by atoms with Gasteiger partial charge in [-0.25, -0.2) is 0 Å². The van der Waals surface area contributed by atoms with Gasteiger partial charge in [-0.2, -0.15) is 0 Å². The Balaban J connectivity index is 1.53. The number of benzene rings is 1. The van der Waals surface area contributed by atoms with Crippen LogP contribution in [0.2, 0.25) is 0 Å². The Morgan fingerprint density at radius 1 is 1.15 bits per heavy atom. The predicted molar refractivity (Wildman–Crippen MR) is 84.9 cm³/mol. The second kappa shape index (κ2) is 6.42. The summed E-state index contributed by atoms with van der Waals surface area (Å²) in [4.78, 5) is 8.40. The van der Waals surface area contributed by atoms with Crippen molar-refractivity contribution in [3.8, 4) is 0 Å². The molecular weight excluding hydrogens is 246 g/mol. The van der Waals surface area contributed by atoms with E-state index >= 15 is 0 Å². The minimum atomic E-state index is 1.11. The number of rotatable bonds is 5. The number of hydrogen-bond donors (Lipinski definition) is 1. The number of para-hydroxylation sites is 1. The van der Waals surface area contributed by atoms with E-state index in [1.54, 1.807) is 0 Å². The van der Waals surface area contributed by atoms with Crippen LogP contribution in [0.25, 0.3) is 10.9 Å². The smallest absolute Gasteiger partial charge is 0.0503 e. The van der Waals surface area contributed by atoms with Crippen LogP contribution < -0.4 is 0 Å². The highest BCUT2D eigenvalue weighted by molar-refractivity contribution is 5.83. The molecular formula is C17H25N3. The molecule has 108 valence electrons. The Bertz CT molecular complexity index is 540. The van der Waals surface area contributed by atoms with Crippen molar-refractivity contribution in [2.75, 3.05) is 33.4 Å². The van der Waals surface area contributed by atoms with E-state index in [4.69, 9.17) is 0 Å². The molecule has 1 aliphatic rings. The number of aromatic amines is 1. The number of likely N-dealkylation sites (N-methyl/N-ethyl adjacent to an activating group) is 1. The van der Waals surface area contributed by atoms with E-state index < -0.39 is 0 Å². The number of nitrogens with one attached hydrogen (secondary N) is 1. The summed E-state index contributed by atoms with van der Waals surface area (Å²) in [6.45, 7) is 4.79. The van der Waals surface area contributed by atoms with E-state index in [0.717, 1.165) is 19.6 Å². The molecule has 20 heavy (non-hydrogen) atoms. The number of piperidine rings is 1. The molecule has 3 heteroatoms. The van der Waals surface area contributed by atoms with Crippen molar-refractivity contribution in [2.24, 2.45) is 0 Å². The highest BCUT2D eigenvalue weighted by atomic mass is 15.3. The highest BCUT2D eigenvalue weighted by Crippen LogP contribution is 2.18. The van der Waals surface area contributed by atoms with Gasteiger partial charge < -0.3 is 4.98 Å². The van der Waals surface area contributed by atoms with E-state index in [0.29, 0.717) is 0 Å². The van der Waals surface area contributed by atoms with Crippen LogP contribution in [-0.2, 0) is 6.42 Å². The molecule has 0 aliphatic carbocycles. The van der Waals surface area contributed by atoms with Gasteiger partial charge in [0.25, 0.3) is 0 Å². The molecule has 0 saturated carbocycles. The van der Waals surface area contributed by atoms with Crippen molar-refractivity contribution in [3.63, 3.8) is 0 Å². The van der Waals surface area contributed by atoms with Gasteiger partial charge in [0.15, 0.2) is 0 Å². The van der Waals surface area contributed by atoms with Crippen molar-refractivity contribution in [1.29, 1.82) is 0 Å². The van der Waals surface area contributed by atoms with E-state index in [1.807, 2.05) is 0 Å². The number of hydrogen-bond acceptors (Lipinski definition) is 2. The molecule has 0 unspecified atom stereocenters. The van der Waals surface area contributed by atoms with Crippen molar-refractivity contribution in [1.82, 2.24) is 14.8 Å². The van der Waals surface area contributed by atoms with E-state index in [9.17, 15) is 0 Å². The fraction of sp³-hybridized carbons (Fsp3) is 0.529. The lowest BCUT2D eigenvalue weighted by Crippen LogP contribution is -2.39. The van der Waals surface area contributed by atoms with Crippen LogP contribution in [0.1, 0.15) is 24.8 Å². The van der Waals surface area contributed by atoms with Crippen molar-refractivity contribution in [2.45, 2.75) is 25.7 Å². The van der Waals surface area contributed by atoms with Crippen LogP contribution in [0.3, 0.4) is 0 Å². The topological polar surface area (TPSA) is 22.3 Å². The molecule has 0 spiro atoms. The SMILES string of the molecule is CN(CCc1c[nH]c2ccccc12)CN1CCCCC1. The van der Waals surface area contributed by atoms with Crippen LogP contribution in [0.15, 0.2) is 30.5 Å². The van der Waals surface area contributed by atoms with E-state index in [2.05, 4.69) is 52.3 Å². The molecule has 1 aliphatic heterocycles. The third kappa shape index (κ3) is 3.22. The molecule has 1 aromatic heterocycles. The zero-order valence-corrected chi connectivity index (χ0v) is 12.4. The summed E-state index contributed by atoms with van der Waals surface area (Å²) in [7, 11) is 2.24. The second-order valence-electron chi connectivity index (χ2n) is 6.01. The zero-order chi connectivity index (χ0) is 13.8. The fourth-order valence-electron chi connectivity index (χ4n) is 3.16. The Morgan fingerprint density at radius 2 is 1.95 bits per heavy atom. The first kappa shape index (κ1) is 13.7. The summed E-state index contributed by atoms with van der Waals surface area (Å²) < 4.78 is 0. The molecule has 1 aromatic carbocycles. The maximum Gasteiger partial charge on any atom is 0.0503 e. The van der Waals surface area contributed by atoms with Gasteiger partial charge in [-0.1, -0.05) is 24.6 Å². The highest BCUT2D eigenvalue weighted by Gasteiger charge is 2.12. The number of likely N-dealkylation sites (tertiary alicyclic amines) is 1. The third-order valence-electron chi connectivity index (χ3n) is 4.33. The monoisotopic (exact) mass is 271 g/mol. The average Bonchev–Trinajstić information content (AvgIpc) is 2.89. The first-order valence-electron chi connectivity index (χ1n) is 7.79. The van der Waals surface area contributed by atoms with E-state index in [1.165, 1.54) is 48.8 Å². The van der Waals surface area contributed by atoms with Crippen LogP contribution in [0, 0.1) is 0 Å². The second-order valence-corrected chi connectivity index (χ2v) is 6.01. The molecule has 2 heterocycles. The summed E-state index contributed by atoms with van der Waals surface area (Å²) in [5.74, 6) is 0. The zero-order valence-electron chi connectivity index (χ0n) is 12.4. The van der Waals surface area contributed by atoms with Gasteiger partial charge in [-0.15, -0.1) is 0 Å². The normalized spacial score (nSPS) is 17.1. The largest absolute Gasteiger partial charge is 0.361 e. The van der Waals surface area contributed by atoms with Crippen molar-refractivity contribution in [3.05, 3.63) is 36.0 Å². The van der Waals surface area contributed by atoms with Gasteiger partial charge in [0.2, 0.25) is 0 Å². The van der Waals surface area contributed by atoms with Gasteiger partial charge in [0, 0.05) is 23.6 Å². The van der Waals surface area contributed by atoms with Crippen molar-refractivity contribution >= 4 is 10.9 Å². The van der Waals surface area contributed by atoms with Gasteiger partial charge in [-0.05, 0) is 51.0 Å². The third-order valence-corrected chi connectivity index (χ3v) is 4.33. The summed E-state index contributed by atoms with van der Waals surface area (Å²) in [5, 5.41) is 1.37. The number of H-pyrrole nitrogens is 1. The molecule has 1 saturated heterocycles. The number of aromatic nitrogens is 1. The van der Waals surface area contributed by atoms with Crippen LogP contribution >= 0.6 is 0 Å². The summed E-state index contributed by atoms with van der Waals surface area (Å²) in [6.07, 6.45) is 7.44. The number of nitrogens with zero attached hydrogens (tertiary/aromatic N) is 2. The Labute approximate surface area is 121 Å². The first-order valence-corrected chi connectivity index (χ1v) is 7.79.